The van der Waals surface area contributed by atoms with Crippen molar-refractivity contribution < 1.29 is 4.43 Å². The summed E-state index contributed by atoms with van der Waals surface area (Å²) in [5, 5.41) is 7.28. The predicted octanol–water partition coefficient (Wildman–Crippen LogP) is 5.29. The van der Waals surface area contributed by atoms with Gasteiger partial charge in [0.2, 0.25) is 0 Å². The van der Waals surface area contributed by atoms with Crippen LogP contribution in [0.15, 0.2) is 66.7 Å². The molecule has 1 aliphatic carbocycles. The molecule has 0 atom stereocenters. The average molecular weight is 462 g/mol. The van der Waals surface area contributed by atoms with Crippen LogP contribution in [-0.2, 0) is 9.96 Å². The lowest BCUT2D eigenvalue weighted by molar-refractivity contribution is 0.143. The highest BCUT2D eigenvalue weighted by Crippen LogP contribution is 2.45. The number of nitrogens with two attached hydrogens (primary N) is 1. The van der Waals surface area contributed by atoms with Crippen LogP contribution in [0.2, 0.25) is 5.04 Å². The van der Waals surface area contributed by atoms with Crippen molar-refractivity contribution in [2.75, 3.05) is 12.3 Å². The Bertz CT molecular complexity index is 1020. The largest absolute Gasteiger partial charge is 0.407 e. The minimum Gasteiger partial charge on any atom is -0.407 e. The van der Waals surface area contributed by atoms with E-state index in [2.05, 4.69) is 118 Å². The first-order chi connectivity index (χ1) is 15.5. The van der Waals surface area contributed by atoms with Gasteiger partial charge in [-0.3, -0.25) is 4.68 Å². The van der Waals surface area contributed by atoms with Gasteiger partial charge in [0.25, 0.3) is 8.32 Å². The number of nitrogen functional groups attached to an aromatic ring is 1. The number of aromatic nitrogens is 2. The summed E-state index contributed by atoms with van der Waals surface area (Å²) >= 11 is 0. The van der Waals surface area contributed by atoms with Crippen LogP contribution in [0, 0.1) is 5.92 Å². The molecule has 1 aliphatic rings. The van der Waals surface area contributed by atoms with Crippen LogP contribution >= 0.6 is 0 Å². The number of hydrogen-bond donors (Lipinski definition) is 1. The van der Waals surface area contributed by atoms with Crippen molar-refractivity contribution in [3.05, 3.63) is 72.4 Å². The maximum absolute atomic E-state index is 7.15. The Labute approximate surface area is 200 Å². The van der Waals surface area contributed by atoms with Crippen LogP contribution in [-0.4, -0.2) is 24.7 Å². The molecule has 0 amide bonds. The Kier molecular flexibility index (Phi) is 6.32. The maximum Gasteiger partial charge on any atom is 0.261 e. The highest BCUT2D eigenvalue weighted by atomic mass is 28.4. The topological polar surface area (TPSA) is 53.1 Å². The minimum atomic E-state index is -2.47. The lowest BCUT2D eigenvalue weighted by Gasteiger charge is -2.45. The molecule has 5 heteroatoms. The SMILES string of the molecule is CC(C)(C)n1nc(N)cc1C1CC(CO[Si](c2ccccc2)(c2ccccc2)C(C)(C)C)C1. The van der Waals surface area contributed by atoms with E-state index < -0.39 is 8.32 Å². The summed E-state index contributed by atoms with van der Waals surface area (Å²) in [5.74, 6) is 1.68. The first-order valence-corrected chi connectivity index (χ1v) is 14.0. The van der Waals surface area contributed by atoms with Crippen LogP contribution in [0.25, 0.3) is 0 Å². The van der Waals surface area contributed by atoms with Crippen molar-refractivity contribution in [2.24, 2.45) is 5.92 Å². The van der Waals surface area contributed by atoms with Crippen molar-refractivity contribution in [3.8, 4) is 0 Å². The van der Waals surface area contributed by atoms with Crippen LogP contribution in [0.4, 0.5) is 5.82 Å². The molecule has 1 saturated carbocycles. The highest BCUT2D eigenvalue weighted by Gasteiger charge is 2.51. The van der Waals surface area contributed by atoms with Gasteiger partial charge in [0, 0.05) is 24.3 Å². The molecule has 1 heterocycles. The molecule has 3 aromatic rings. The fourth-order valence-corrected chi connectivity index (χ4v) is 10.0. The Morgan fingerprint density at radius 1 is 0.909 bits per heavy atom. The summed E-state index contributed by atoms with van der Waals surface area (Å²) in [6.07, 6.45) is 2.25. The minimum absolute atomic E-state index is 0.0121. The normalized spacial score (nSPS) is 19.3. The van der Waals surface area contributed by atoms with Gasteiger partial charge in [-0.2, -0.15) is 5.10 Å². The highest BCUT2D eigenvalue weighted by molar-refractivity contribution is 6.99. The molecule has 1 fully saturated rings. The molecule has 4 nitrogen and oxygen atoms in total. The molecule has 2 N–H and O–H groups in total. The number of hydrogen-bond acceptors (Lipinski definition) is 3. The van der Waals surface area contributed by atoms with Crippen LogP contribution in [0.1, 0.15) is 66.0 Å². The van der Waals surface area contributed by atoms with E-state index in [1.807, 2.05) is 0 Å². The Morgan fingerprint density at radius 3 is 1.88 bits per heavy atom. The number of anilines is 1. The molecule has 2 aromatic carbocycles. The van der Waals surface area contributed by atoms with Gasteiger partial charge >= 0.3 is 0 Å². The second-order valence-corrected chi connectivity index (χ2v) is 15.9. The number of nitrogens with zero attached hydrogens (tertiary/aromatic N) is 2. The Hall–Kier alpha value is -2.37. The van der Waals surface area contributed by atoms with Crippen molar-refractivity contribution in [1.82, 2.24) is 9.78 Å². The summed E-state index contributed by atoms with van der Waals surface area (Å²) in [4.78, 5) is 0. The molecule has 0 bridgehead atoms. The van der Waals surface area contributed by atoms with E-state index in [-0.39, 0.29) is 10.6 Å². The molecular formula is C28H39N3OSi. The van der Waals surface area contributed by atoms with E-state index in [1.165, 1.54) is 16.1 Å². The van der Waals surface area contributed by atoms with Gasteiger partial charge in [-0.05, 0) is 54.9 Å². The van der Waals surface area contributed by atoms with E-state index in [0.717, 1.165) is 19.4 Å². The molecule has 176 valence electrons. The Morgan fingerprint density at radius 2 is 1.42 bits per heavy atom. The third kappa shape index (κ3) is 4.53. The third-order valence-corrected chi connectivity index (χ3v) is 12.0. The van der Waals surface area contributed by atoms with Crippen molar-refractivity contribution in [3.63, 3.8) is 0 Å². The molecule has 0 saturated heterocycles. The van der Waals surface area contributed by atoms with Crippen LogP contribution in [0.3, 0.4) is 0 Å². The Balaban J connectivity index is 1.57. The summed E-state index contributed by atoms with van der Waals surface area (Å²) in [7, 11) is -2.47. The zero-order chi connectivity index (χ0) is 23.9. The smallest absolute Gasteiger partial charge is 0.261 e. The van der Waals surface area contributed by atoms with Gasteiger partial charge in [-0.25, -0.2) is 0 Å². The molecule has 0 radical (unpaired) electrons. The van der Waals surface area contributed by atoms with E-state index in [0.29, 0.717) is 17.7 Å². The number of rotatable bonds is 6. The van der Waals surface area contributed by atoms with Gasteiger partial charge in [0.1, 0.15) is 5.82 Å². The van der Waals surface area contributed by atoms with E-state index in [1.54, 1.807) is 0 Å². The summed E-state index contributed by atoms with van der Waals surface area (Å²) in [6.45, 7) is 14.4. The van der Waals surface area contributed by atoms with Crippen LogP contribution < -0.4 is 16.1 Å². The molecule has 33 heavy (non-hydrogen) atoms. The monoisotopic (exact) mass is 461 g/mol. The van der Waals surface area contributed by atoms with Gasteiger partial charge in [-0.1, -0.05) is 81.4 Å². The van der Waals surface area contributed by atoms with Gasteiger partial charge in [0.05, 0.1) is 5.54 Å². The summed E-state index contributed by atoms with van der Waals surface area (Å²) in [5.41, 5.74) is 7.27. The van der Waals surface area contributed by atoms with Crippen molar-refractivity contribution in [1.29, 1.82) is 0 Å². The van der Waals surface area contributed by atoms with Crippen LogP contribution in [0.5, 0.6) is 0 Å². The molecule has 0 unspecified atom stereocenters. The molecule has 0 aliphatic heterocycles. The zero-order valence-electron chi connectivity index (χ0n) is 21.0. The summed E-state index contributed by atoms with van der Waals surface area (Å²) < 4.78 is 9.27. The maximum atomic E-state index is 7.15. The zero-order valence-corrected chi connectivity index (χ0v) is 22.0. The standard InChI is InChI=1S/C28H39N3OSi/c1-27(2,3)31-25(19-26(29)30-31)22-17-21(18-22)20-32-33(28(4,5)6,23-13-9-7-10-14-23)24-15-11-8-12-16-24/h7-16,19,21-22H,17-18,20H2,1-6H3,(H2,29,30). The van der Waals surface area contributed by atoms with E-state index >= 15 is 0 Å². The lowest BCUT2D eigenvalue weighted by atomic mass is 9.73. The van der Waals surface area contributed by atoms with Crippen molar-refractivity contribution >= 4 is 24.5 Å². The molecular weight excluding hydrogens is 422 g/mol. The lowest BCUT2D eigenvalue weighted by Crippen LogP contribution is -2.67. The average Bonchev–Trinajstić information content (AvgIpc) is 3.12. The van der Waals surface area contributed by atoms with Gasteiger partial charge in [0.15, 0.2) is 0 Å². The molecule has 1 aromatic heterocycles. The second kappa shape index (κ2) is 8.77. The molecule has 0 spiro atoms. The summed E-state index contributed by atoms with van der Waals surface area (Å²) in [6, 6.07) is 23.9. The quantitative estimate of drug-likeness (QED) is 0.508. The first-order valence-electron chi connectivity index (χ1n) is 12.1. The van der Waals surface area contributed by atoms with Crippen molar-refractivity contribution in [2.45, 2.75) is 70.9 Å². The third-order valence-electron chi connectivity index (χ3n) is 7.00. The van der Waals surface area contributed by atoms with Gasteiger partial charge in [-0.15, -0.1) is 0 Å². The fourth-order valence-electron chi connectivity index (χ4n) is 5.36. The second-order valence-electron chi connectivity index (χ2n) is 11.6. The fraction of sp³-hybridized carbons (Fsp3) is 0.464. The van der Waals surface area contributed by atoms with Gasteiger partial charge < -0.3 is 10.2 Å². The number of benzene rings is 2. The van der Waals surface area contributed by atoms with E-state index in [9.17, 15) is 0 Å². The molecule has 4 rings (SSSR count). The first kappa shape index (κ1) is 23.8. The van der Waals surface area contributed by atoms with E-state index in [4.69, 9.17) is 10.2 Å². The predicted molar refractivity (Wildman–Crippen MR) is 141 cm³/mol.